The van der Waals surface area contributed by atoms with Crippen LogP contribution in [-0.4, -0.2) is 35.2 Å². The van der Waals surface area contributed by atoms with Crippen LogP contribution in [0.1, 0.15) is 12.8 Å². The van der Waals surface area contributed by atoms with E-state index < -0.39 is 12.0 Å². The zero-order valence-corrected chi connectivity index (χ0v) is 9.24. The number of carboxylic acid groups (broad SMARTS) is 1. The Morgan fingerprint density at radius 3 is 2.54 bits per heavy atom. The maximum atomic E-state index is 10.4. The van der Waals surface area contributed by atoms with Crippen LogP contribution in [0.3, 0.4) is 0 Å². The standard InChI is InChI=1S/C7H16N2O2S2/c1-12-13-5(4-8)2-3-6(9)7(10)11/h5-6H,2-4,8-9H2,1H3,(H,10,11)/t5-,6-/m0/s1. The Kier molecular flexibility index (Phi) is 7.54. The first-order valence-electron chi connectivity index (χ1n) is 3.99. The van der Waals surface area contributed by atoms with Crippen molar-refractivity contribution in [2.24, 2.45) is 11.5 Å². The van der Waals surface area contributed by atoms with Gasteiger partial charge in [-0.25, -0.2) is 0 Å². The molecule has 5 N–H and O–H groups in total. The molecule has 2 atom stereocenters. The predicted octanol–water partition coefficient (Wildman–Crippen LogP) is 0.517. The number of carboxylic acids is 1. The molecule has 0 heterocycles. The molecular weight excluding hydrogens is 208 g/mol. The van der Waals surface area contributed by atoms with Crippen LogP contribution >= 0.6 is 21.6 Å². The van der Waals surface area contributed by atoms with Gasteiger partial charge < -0.3 is 16.6 Å². The van der Waals surface area contributed by atoms with E-state index in [1.807, 2.05) is 6.26 Å². The molecule has 0 aromatic carbocycles. The molecule has 0 aliphatic carbocycles. The van der Waals surface area contributed by atoms with E-state index in [1.165, 1.54) is 0 Å². The lowest BCUT2D eigenvalue weighted by atomic mass is 10.1. The van der Waals surface area contributed by atoms with Crippen LogP contribution in [0, 0.1) is 0 Å². The molecule has 0 saturated carbocycles. The van der Waals surface area contributed by atoms with E-state index in [4.69, 9.17) is 16.6 Å². The maximum absolute atomic E-state index is 10.4. The molecule has 0 aromatic heterocycles. The third kappa shape index (κ3) is 6.20. The fourth-order valence-electron chi connectivity index (χ4n) is 0.830. The third-order valence-corrected chi connectivity index (χ3v) is 3.90. The van der Waals surface area contributed by atoms with E-state index >= 15 is 0 Å². The summed E-state index contributed by atoms with van der Waals surface area (Å²) in [6.07, 6.45) is 3.23. The smallest absolute Gasteiger partial charge is 0.320 e. The molecule has 6 heteroatoms. The minimum atomic E-state index is -0.940. The maximum Gasteiger partial charge on any atom is 0.320 e. The number of rotatable bonds is 7. The highest BCUT2D eigenvalue weighted by atomic mass is 33.1. The molecule has 0 amide bonds. The van der Waals surface area contributed by atoms with E-state index in [2.05, 4.69) is 0 Å². The molecule has 0 fully saturated rings. The Balaban J connectivity index is 3.64. The second kappa shape index (κ2) is 7.49. The van der Waals surface area contributed by atoms with Crippen molar-refractivity contribution in [2.45, 2.75) is 24.1 Å². The first-order chi connectivity index (χ1) is 6.11. The summed E-state index contributed by atoms with van der Waals surface area (Å²) >= 11 is 0. The number of carbonyl (C=O) groups is 1. The van der Waals surface area contributed by atoms with Crippen molar-refractivity contribution in [3.05, 3.63) is 0 Å². The Morgan fingerprint density at radius 2 is 2.15 bits per heavy atom. The molecule has 0 radical (unpaired) electrons. The second-order valence-corrected chi connectivity index (χ2v) is 5.41. The monoisotopic (exact) mass is 224 g/mol. The van der Waals surface area contributed by atoms with Gasteiger partial charge in [0.05, 0.1) is 0 Å². The van der Waals surface area contributed by atoms with Gasteiger partial charge in [0.1, 0.15) is 6.04 Å². The molecule has 0 aromatic rings. The number of hydrogen-bond donors (Lipinski definition) is 3. The lowest BCUT2D eigenvalue weighted by Gasteiger charge is -2.13. The summed E-state index contributed by atoms with van der Waals surface area (Å²) in [6.45, 7) is 0.567. The summed E-state index contributed by atoms with van der Waals surface area (Å²) in [7, 11) is 3.32. The van der Waals surface area contributed by atoms with Crippen molar-refractivity contribution in [1.29, 1.82) is 0 Å². The van der Waals surface area contributed by atoms with Gasteiger partial charge in [-0.2, -0.15) is 0 Å². The van der Waals surface area contributed by atoms with Crippen LogP contribution in [0.4, 0.5) is 0 Å². The minimum absolute atomic E-state index is 0.306. The van der Waals surface area contributed by atoms with Crippen molar-refractivity contribution in [3.63, 3.8) is 0 Å². The fraction of sp³-hybridized carbons (Fsp3) is 0.857. The van der Waals surface area contributed by atoms with Gasteiger partial charge in [0.2, 0.25) is 0 Å². The van der Waals surface area contributed by atoms with Crippen molar-refractivity contribution in [2.75, 3.05) is 12.8 Å². The van der Waals surface area contributed by atoms with Gasteiger partial charge in [-0.15, -0.1) is 0 Å². The molecule has 4 nitrogen and oxygen atoms in total. The zero-order valence-electron chi connectivity index (χ0n) is 7.60. The molecule has 78 valence electrons. The van der Waals surface area contributed by atoms with Crippen molar-refractivity contribution in [1.82, 2.24) is 0 Å². The van der Waals surface area contributed by atoms with E-state index in [9.17, 15) is 4.79 Å². The van der Waals surface area contributed by atoms with Crippen LogP contribution < -0.4 is 11.5 Å². The number of nitrogens with two attached hydrogens (primary N) is 2. The average Bonchev–Trinajstić information content (AvgIpc) is 2.11. The second-order valence-electron chi connectivity index (χ2n) is 2.64. The first kappa shape index (κ1) is 13.1. The number of aliphatic carboxylic acids is 1. The predicted molar refractivity (Wildman–Crippen MR) is 58.8 cm³/mol. The van der Waals surface area contributed by atoms with Crippen molar-refractivity contribution in [3.8, 4) is 0 Å². The minimum Gasteiger partial charge on any atom is -0.480 e. The molecule has 13 heavy (non-hydrogen) atoms. The number of hydrogen-bond acceptors (Lipinski definition) is 5. The van der Waals surface area contributed by atoms with E-state index in [0.717, 1.165) is 6.42 Å². The lowest BCUT2D eigenvalue weighted by Crippen LogP contribution is -2.31. The van der Waals surface area contributed by atoms with Crippen molar-refractivity contribution >= 4 is 27.6 Å². The Hall–Kier alpha value is 0.0900. The first-order valence-corrected chi connectivity index (χ1v) is 6.61. The molecule has 0 aliphatic heterocycles. The molecule has 0 unspecified atom stereocenters. The van der Waals surface area contributed by atoms with Gasteiger partial charge >= 0.3 is 5.97 Å². The molecular formula is C7H16N2O2S2. The molecule has 0 spiro atoms. The summed E-state index contributed by atoms with van der Waals surface area (Å²) in [4.78, 5) is 10.4. The summed E-state index contributed by atoms with van der Waals surface area (Å²) in [6, 6.07) is -0.753. The van der Waals surface area contributed by atoms with E-state index in [-0.39, 0.29) is 0 Å². The highest BCUT2D eigenvalue weighted by Gasteiger charge is 2.14. The highest BCUT2D eigenvalue weighted by molar-refractivity contribution is 8.76. The van der Waals surface area contributed by atoms with Crippen LogP contribution in [0.25, 0.3) is 0 Å². The summed E-state index contributed by atoms with van der Waals surface area (Å²) in [5, 5.41) is 8.84. The molecule has 0 saturated heterocycles. The summed E-state index contributed by atoms with van der Waals surface area (Å²) < 4.78 is 0. The molecule has 0 aliphatic rings. The third-order valence-electron chi connectivity index (χ3n) is 1.61. The van der Waals surface area contributed by atoms with Gasteiger partial charge in [0.25, 0.3) is 0 Å². The topological polar surface area (TPSA) is 89.3 Å². The fourth-order valence-corrected chi connectivity index (χ4v) is 2.75. The molecule has 0 bridgehead atoms. The lowest BCUT2D eigenvalue weighted by molar-refractivity contribution is -0.138. The Bertz CT molecular complexity index is 157. The van der Waals surface area contributed by atoms with Crippen LogP contribution in [0.5, 0.6) is 0 Å². The normalized spacial score (nSPS) is 15.3. The van der Waals surface area contributed by atoms with Gasteiger partial charge in [-0.1, -0.05) is 21.6 Å². The van der Waals surface area contributed by atoms with Crippen LogP contribution in [-0.2, 0) is 4.79 Å². The van der Waals surface area contributed by atoms with Gasteiger partial charge in [0.15, 0.2) is 0 Å². The van der Waals surface area contributed by atoms with Crippen LogP contribution in [0.15, 0.2) is 0 Å². The van der Waals surface area contributed by atoms with Gasteiger partial charge in [-0.05, 0) is 19.1 Å². The van der Waals surface area contributed by atoms with Crippen LogP contribution in [0.2, 0.25) is 0 Å². The largest absolute Gasteiger partial charge is 0.480 e. The quantitative estimate of drug-likeness (QED) is 0.546. The van der Waals surface area contributed by atoms with E-state index in [1.54, 1.807) is 21.6 Å². The Morgan fingerprint density at radius 1 is 1.54 bits per heavy atom. The van der Waals surface area contributed by atoms with Gasteiger partial charge in [0, 0.05) is 11.8 Å². The van der Waals surface area contributed by atoms with E-state index in [0.29, 0.717) is 18.2 Å². The average molecular weight is 224 g/mol. The molecule has 0 rings (SSSR count). The zero-order chi connectivity index (χ0) is 10.3. The van der Waals surface area contributed by atoms with Gasteiger partial charge in [-0.3, -0.25) is 4.79 Å². The highest BCUT2D eigenvalue weighted by Crippen LogP contribution is 2.26. The van der Waals surface area contributed by atoms with Crippen molar-refractivity contribution < 1.29 is 9.90 Å². The SMILES string of the molecule is CSS[C@H](CN)CC[C@H](N)C(=O)O. The Labute approximate surface area is 86.2 Å². The summed E-state index contributed by atoms with van der Waals surface area (Å²) in [5.74, 6) is -0.940. The summed E-state index contributed by atoms with van der Waals surface area (Å²) in [5.41, 5.74) is 10.9.